The summed E-state index contributed by atoms with van der Waals surface area (Å²) in [6, 6.07) is 15.9. The van der Waals surface area contributed by atoms with Gasteiger partial charge in [-0.25, -0.2) is 4.39 Å². The van der Waals surface area contributed by atoms with Gasteiger partial charge < -0.3 is 15.5 Å². The van der Waals surface area contributed by atoms with Gasteiger partial charge in [-0.05, 0) is 55.5 Å². The molecular formula is C22H30FIN4. The minimum atomic E-state index is -0.170. The monoisotopic (exact) mass is 496 g/mol. The number of para-hydroxylation sites is 1. The Morgan fingerprint density at radius 2 is 2.00 bits per heavy atom. The van der Waals surface area contributed by atoms with Crippen LogP contribution >= 0.6 is 24.0 Å². The van der Waals surface area contributed by atoms with Crippen molar-refractivity contribution in [1.82, 2.24) is 10.6 Å². The molecule has 6 heteroatoms. The minimum absolute atomic E-state index is 0. The molecule has 1 aliphatic rings. The van der Waals surface area contributed by atoms with Crippen LogP contribution in [-0.2, 0) is 0 Å². The Labute approximate surface area is 184 Å². The molecule has 3 rings (SSSR count). The van der Waals surface area contributed by atoms with Gasteiger partial charge in [-0.3, -0.25) is 4.99 Å². The Morgan fingerprint density at radius 3 is 2.68 bits per heavy atom. The predicted octanol–water partition coefficient (Wildman–Crippen LogP) is 4.50. The number of guanidine groups is 1. The average molecular weight is 496 g/mol. The highest BCUT2D eigenvalue weighted by molar-refractivity contribution is 14.0. The van der Waals surface area contributed by atoms with Crippen molar-refractivity contribution in [2.45, 2.75) is 26.3 Å². The highest BCUT2D eigenvalue weighted by Crippen LogP contribution is 2.23. The molecule has 4 nitrogen and oxygen atoms in total. The van der Waals surface area contributed by atoms with Gasteiger partial charge in [0.2, 0.25) is 0 Å². The first-order valence-corrected chi connectivity index (χ1v) is 9.60. The van der Waals surface area contributed by atoms with Crippen LogP contribution in [0, 0.1) is 18.7 Å². The Hall–Kier alpha value is -1.83. The summed E-state index contributed by atoms with van der Waals surface area (Å²) in [5, 5.41) is 6.78. The molecule has 0 spiro atoms. The second kappa shape index (κ2) is 10.6. The highest BCUT2D eigenvalue weighted by atomic mass is 127. The molecule has 1 fully saturated rings. The highest BCUT2D eigenvalue weighted by Gasteiger charge is 2.22. The van der Waals surface area contributed by atoms with Crippen LogP contribution < -0.4 is 15.5 Å². The van der Waals surface area contributed by atoms with E-state index in [1.54, 1.807) is 20.0 Å². The normalized spacial score (nSPS) is 17.8. The van der Waals surface area contributed by atoms with Gasteiger partial charge >= 0.3 is 0 Å². The largest absolute Gasteiger partial charge is 0.371 e. The SMILES string of the molecule is CN=C(NCC1CCN(c2ccccc2)C1)NC(C)c1ccc(C)c(F)c1.I. The number of hydrogen-bond donors (Lipinski definition) is 2. The summed E-state index contributed by atoms with van der Waals surface area (Å²) in [7, 11) is 1.77. The minimum Gasteiger partial charge on any atom is -0.371 e. The van der Waals surface area contributed by atoms with Crippen molar-refractivity contribution >= 4 is 35.6 Å². The lowest BCUT2D eigenvalue weighted by molar-refractivity contribution is 0.559. The van der Waals surface area contributed by atoms with Crippen LogP contribution in [0.15, 0.2) is 53.5 Å². The standard InChI is InChI=1S/C22H29FN4.HI/c1-16-9-10-19(13-21(16)23)17(2)26-22(24-3)25-14-18-11-12-27(15-18)20-7-5-4-6-8-20;/h4-10,13,17-18H,11-12,14-15H2,1-3H3,(H2,24,25,26);1H. The van der Waals surface area contributed by atoms with Gasteiger partial charge in [0.1, 0.15) is 5.82 Å². The summed E-state index contributed by atoms with van der Waals surface area (Å²) in [6.45, 7) is 6.80. The number of nitrogens with zero attached hydrogens (tertiary/aromatic N) is 2. The third-order valence-electron chi connectivity index (χ3n) is 5.24. The van der Waals surface area contributed by atoms with Crippen LogP contribution in [0.4, 0.5) is 10.1 Å². The molecule has 0 aromatic heterocycles. The van der Waals surface area contributed by atoms with Crippen molar-refractivity contribution in [2.24, 2.45) is 10.9 Å². The maximum absolute atomic E-state index is 13.8. The van der Waals surface area contributed by atoms with Gasteiger partial charge in [-0.2, -0.15) is 0 Å². The Morgan fingerprint density at radius 1 is 1.25 bits per heavy atom. The maximum atomic E-state index is 13.8. The molecule has 1 saturated heterocycles. The van der Waals surface area contributed by atoms with E-state index in [9.17, 15) is 4.39 Å². The number of benzene rings is 2. The lowest BCUT2D eigenvalue weighted by Crippen LogP contribution is -2.41. The molecule has 0 aliphatic carbocycles. The van der Waals surface area contributed by atoms with E-state index in [1.165, 1.54) is 5.69 Å². The Kier molecular flexibility index (Phi) is 8.54. The zero-order valence-electron chi connectivity index (χ0n) is 16.8. The molecular weight excluding hydrogens is 466 g/mol. The molecule has 152 valence electrons. The molecule has 1 aliphatic heterocycles. The molecule has 2 atom stereocenters. The third kappa shape index (κ3) is 5.83. The first-order chi connectivity index (χ1) is 13.1. The summed E-state index contributed by atoms with van der Waals surface area (Å²) in [4.78, 5) is 6.75. The van der Waals surface area contributed by atoms with Gasteiger partial charge in [0.15, 0.2) is 5.96 Å². The zero-order valence-corrected chi connectivity index (χ0v) is 19.1. The number of halogens is 2. The van der Waals surface area contributed by atoms with Crippen LogP contribution in [0.3, 0.4) is 0 Å². The average Bonchev–Trinajstić information content (AvgIpc) is 3.17. The van der Waals surface area contributed by atoms with Crippen molar-refractivity contribution in [2.75, 3.05) is 31.6 Å². The van der Waals surface area contributed by atoms with Gasteiger partial charge in [0, 0.05) is 32.4 Å². The van der Waals surface area contributed by atoms with Gasteiger partial charge in [0.05, 0.1) is 6.04 Å². The zero-order chi connectivity index (χ0) is 19.2. The number of aliphatic imine (C=N–C) groups is 1. The fraction of sp³-hybridized carbons (Fsp3) is 0.409. The number of aryl methyl sites for hydroxylation is 1. The second-order valence-corrected chi connectivity index (χ2v) is 7.26. The quantitative estimate of drug-likeness (QED) is 0.364. The number of hydrogen-bond acceptors (Lipinski definition) is 2. The van der Waals surface area contributed by atoms with Gasteiger partial charge in [-0.1, -0.05) is 30.3 Å². The van der Waals surface area contributed by atoms with Crippen LogP contribution in [-0.4, -0.2) is 32.6 Å². The summed E-state index contributed by atoms with van der Waals surface area (Å²) < 4.78 is 13.8. The van der Waals surface area contributed by atoms with E-state index in [1.807, 2.05) is 19.1 Å². The summed E-state index contributed by atoms with van der Waals surface area (Å²) in [6.07, 6.45) is 1.16. The number of nitrogens with one attached hydrogen (secondary N) is 2. The third-order valence-corrected chi connectivity index (χ3v) is 5.24. The van der Waals surface area contributed by atoms with E-state index >= 15 is 0 Å². The summed E-state index contributed by atoms with van der Waals surface area (Å²) >= 11 is 0. The van der Waals surface area contributed by atoms with Crippen molar-refractivity contribution in [1.29, 1.82) is 0 Å². The molecule has 0 bridgehead atoms. The lowest BCUT2D eigenvalue weighted by Gasteiger charge is -2.21. The molecule has 2 aromatic carbocycles. The molecule has 2 aromatic rings. The molecule has 28 heavy (non-hydrogen) atoms. The van der Waals surface area contributed by atoms with Crippen molar-refractivity contribution in [3.8, 4) is 0 Å². The van der Waals surface area contributed by atoms with Gasteiger partial charge in [-0.15, -0.1) is 24.0 Å². The topological polar surface area (TPSA) is 39.7 Å². The van der Waals surface area contributed by atoms with E-state index in [-0.39, 0.29) is 35.8 Å². The molecule has 0 saturated carbocycles. The van der Waals surface area contributed by atoms with E-state index in [0.29, 0.717) is 11.5 Å². The Balaban J connectivity index is 0.00000280. The van der Waals surface area contributed by atoms with E-state index in [0.717, 1.165) is 37.6 Å². The number of anilines is 1. The predicted molar refractivity (Wildman–Crippen MR) is 126 cm³/mol. The summed E-state index contributed by atoms with van der Waals surface area (Å²) in [5.74, 6) is 1.16. The number of rotatable bonds is 5. The maximum Gasteiger partial charge on any atom is 0.191 e. The fourth-order valence-electron chi connectivity index (χ4n) is 3.48. The first-order valence-electron chi connectivity index (χ1n) is 9.60. The van der Waals surface area contributed by atoms with E-state index in [2.05, 4.69) is 50.9 Å². The lowest BCUT2D eigenvalue weighted by atomic mass is 10.1. The fourth-order valence-corrected chi connectivity index (χ4v) is 3.48. The van der Waals surface area contributed by atoms with Crippen molar-refractivity contribution in [3.05, 3.63) is 65.5 Å². The first kappa shape index (κ1) is 22.5. The van der Waals surface area contributed by atoms with E-state index < -0.39 is 0 Å². The smallest absolute Gasteiger partial charge is 0.191 e. The van der Waals surface area contributed by atoms with Crippen LogP contribution in [0.1, 0.15) is 30.5 Å². The van der Waals surface area contributed by atoms with E-state index in [4.69, 9.17) is 0 Å². The molecule has 0 radical (unpaired) electrons. The van der Waals surface area contributed by atoms with Crippen LogP contribution in [0.5, 0.6) is 0 Å². The van der Waals surface area contributed by atoms with Gasteiger partial charge in [0.25, 0.3) is 0 Å². The molecule has 1 heterocycles. The molecule has 2 N–H and O–H groups in total. The van der Waals surface area contributed by atoms with Crippen molar-refractivity contribution in [3.63, 3.8) is 0 Å². The Bertz CT molecular complexity index is 781. The van der Waals surface area contributed by atoms with Crippen LogP contribution in [0.25, 0.3) is 0 Å². The van der Waals surface area contributed by atoms with Crippen molar-refractivity contribution < 1.29 is 4.39 Å². The summed E-state index contributed by atoms with van der Waals surface area (Å²) in [5.41, 5.74) is 2.87. The molecule has 0 amide bonds. The van der Waals surface area contributed by atoms with Crippen LogP contribution in [0.2, 0.25) is 0 Å². The molecule has 2 unspecified atom stereocenters. The second-order valence-electron chi connectivity index (χ2n) is 7.26.